The van der Waals surface area contributed by atoms with Crippen LogP contribution in [0.4, 0.5) is 0 Å². The van der Waals surface area contributed by atoms with E-state index >= 15 is 0 Å². The maximum Gasteiger partial charge on any atom is 0.271 e. The number of aromatic nitrogens is 2. The first kappa shape index (κ1) is 21.0. The van der Waals surface area contributed by atoms with E-state index in [2.05, 4.69) is 15.3 Å². The molecule has 0 spiro atoms. The van der Waals surface area contributed by atoms with Crippen molar-refractivity contribution in [2.45, 2.75) is 16.6 Å². The summed E-state index contributed by atoms with van der Waals surface area (Å²) in [4.78, 5) is 20.7. The molecule has 11 heteroatoms. The van der Waals surface area contributed by atoms with Crippen molar-refractivity contribution >= 4 is 39.3 Å². The average molecular weight is 443 g/mol. The summed E-state index contributed by atoms with van der Waals surface area (Å²) in [6.07, 6.45) is 3.19. The molecule has 2 heterocycles. The summed E-state index contributed by atoms with van der Waals surface area (Å²) in [7, 11) is -3.54. The third kappa shape index (κ3) is 4.81. The van der Waals surface area contributed by atoms with E-state index in [-0.39, 0.29) is 22.2 Å². The van der Waals surface area contributed by atoms with Crippen molar-refractivity contribution in [3.05, 3.63) is 46.7 Å². The summed E-state index contributed by atoms with van der Waals surface area (Å²) in [5.74, 6) is -0.423. The first-order chi connectivity index (χ1) is 13.4. The molecule has 0 atom stereocenters. The minimum Gasteiger partial charge on any atom is -0.379 e. The smallest absolute Gasteiger partial charge is 0.271 e. The van der Waals surface area contributed by atoms with E-state index < -0.39 is 15.9 Å². The maximum atomic E-state index is 12.6. The molecule has 0 radical (unpaired) electrons. The van der Waals surface area contributed by atoms with Crippen LogP contribution in [-0.4, -0.2) is 61.2 Å². The molecule has 3 rings (SSSR count). The Morgan fingerprint density at radius 2 is 1.96 bits per heavy atom. The van der Waals surface area contributed by atoms with Crippen molar-refractivity contribution in [3.8, 4) is 0 Å². The molecule has 1 N–H and O–H groups in total. The van der Waals surface area contributed by atoms with Crippen molar-refractivity contribution in [3.63, 3.8) is 0 Å². The Morgan fingerprint density at radius 1 is 1.29 bits per heavy atom. The Morgan fingerprint density at radius 3 is 2.61 bits per heavy atom. The van der Waals surface area contributed by atoms with Crippen LogP contribution in [0, 0.1) is 0 Å². The Labute approximate surface area is 172 Å². The van der Waals surface area contributed by atoms with Crippen molar-refractivity contribution in [2.24, 2.45) is 0 Å². The molecule has 1 saturated heterocycles. The number of morpholine rings is 1. The Hall–Kier alpha value is -1.72. The van der Waals surface area contributed by atoms with Crippen molar-refractivity contribution in [1.82, 2.24) is 19.6 Å². The number of halogens is 1. The predicted octanol–water partition coefficient (Wildman–Crippen LogP) is 1.80. The fourth-order valence-corrected chi connectivity index (χ4v) is 4.52. The lowest BCUT2D eigenvalue weighted by atomic mass is 10.2. The monoisotopic (exact) mass is 442 g/mol. The van der Waals surface area contributed by atoms with Crippen LogP contribution in [0.5, 0.6) is 0 Å². The molecule has 1 aromatic heterocycles. The number of carbonyl (C=O) groups excluding carboxylic acids is 1. The van der Waals surface area contributed by atoms with E-state index in [0.29, 0.717) is 31.5 Å². The molecule has 1 amide bonds. The fourth-order valence-electron chi connectivity index (χ4n) is 2.59. The lowest BCUT2D eigenvalue weighted by molar-refractivity contribution is 0.0730. The van der Waals surface area contributed by atoms with Crippen LogP contribution in [0.3, 0.4) is 0 Å². The summed E-state index contributed by atoms with van der Waals surface area (Å²) < 4.78 is 31.8. The largest absolute Gasteiger partial charge is 0.379 e. The molecule has 1 fully saturated rings. The van der Waals surface area contributed by atoms with E-state index in [4.69, 9.17) is 16.3 Å². The molecule has 8 nitrogen and oxygen atoms in total. The molecule has 1 aliphatic rings. The Balaban J connectivity index is 1.65. The van der Waals surface area contributed by atoms with Gasteiger partial charge in [0.2, 0.25) is 10.0 Å². The fraction of sp³-hybridized carbons (Fsp3) is 0.353. The molecule has 0 saturated carbocycles. The summed E-state index contributed by atoms with van der Waals surface area (Å²) in [6.45, 7) is 1.70. The zero-order valence-corrected chi connectivity index (χ0v) is 17.5. The van der Waals surface area contributed by atoms with Gasteiger partial charge in [0, 0.05) is 19.6 Å². The molecule has 0 bridgehead atoms. The highest BCUT2D eigenvalue weighted by molar-refractivity contribution is 7.98. The highest BCUT2D eigenvalue weighted by Crippen LogP contribution is 2.19. The number of sulfonamides is 1. The SMILES string of the molecule is CSc1ncc(Cl)c(C(=O)NCc2ccc(S(=O)(=O)N3CCOCC3)cc2)n1. The summed E-state index contributed by atoms with van der Waals surface area (Å²) in [6, 6.07) is 6.41. The molecule has 2 aromatic rings. The van der Waals surface area contributed by atoms with Crippen LogP contribution >= 0.6 is 23.4 Å². The average Bonchev–Trinajstić information content (AvgIpc) is 2.73. The van der Waals surface area contributed by atoms with Gasteiger partial charge in [-0.05, 0) is 24.0 Å². The first-order valence-corrected chi connectivity index (χ1v) is 11.5. The van der Waals surface area contributed by atoms with Gasteiger partial charge in [0.25, 0.3) is 5.91 Å². The number of nitrogens with one attached hydrogen (secondary N) is 1. The third-order valence-electron chi connectivity index (χ3n) is 4.10. The molecular weight excluding hydrogens is 424 g/mol. The zero-order chi connectivity index (χ0) is 20.1. The van der Waals surface area contributed by atoms with E-state index in [1.807, 2.05) is 0 Å². The normalized spacial score (nSPS) is 15.4. The van der Waals surface area contributed by atoms with E-state index in [1.165, 1.54) is 34.4 Å². The van der Waals surface area contributed by atoms with Gasteiger partial charge in [-0.2, -0.15) is 4.31 Å². The molecule has 1 aliphatic heterocycles. The van der Waals surface area contributed by atoms with Crippen molar-refractivity contribution in [2.75, 3.05) is 32.6 Å². The van der Waals surface area contributed by atoms with Gasteiger partial charge in [-0.25, -0.2) is 18.4 Å². The van der Waals surface area contributed by atoms with Gasteiger partial charge >= 0.3 is 0 Å². The number of hydrogen-bond donors (Lipinski definition) is 1. The van der Waals surface area contributed by atoms with E-state index in [0.717, 1.165) is 5.56 Å². The molecular formula is C17H19ClN4O4S2. The highest BCUT2D eigenvalue weighted by atomic mass is 35.5. The zero-order valence-electron chi connectivity index (χ0n) is 15.1. The second-order valence-corrected chi connectivity index (χ2v) is 9.01. The predicted molar refractivity (Wildman–Crippen MR) is 106 cm³/mol. The number of nitrogens with zero attached hydrogens (tertiary/aromatic N) is 3. The van der Waals surface area contributed by atoms with Gasteiger partial charge in [0.15, 0.2) is 10.9 Å². The number of carbonyl (C=O) groups is 1. The summed E-state index contributed by atoms with van der Waals surface area (Å²) in [5.41, 5.74) is 0.858. The number of ether oxygens (including phenoxy) is 1. The number of hydrogen-bond acceptors (Lipinski definition) is 7. The second-order valence-electron chi connectivity index (χ2n) is 5.90. The maximum absolute atomic E-state index is 12.6. The van der Waals surface area contributed by atoms with Crippen LogP contribution in [0.25, 0.3) is 0 Å². The van der Waals surface area contributed by atoms with Crippen LogP contribution in [0.1, 0.15) is 16.1 Å². The van der Waals surface area contributed by atoms with E-state index in [9.17, 15) is 13.2 Å². The van der Waals surface area contributed by atoms with Crippen LogP contribution in [0.2, 0.25) is 5.02 Å². The third-order valence-corrected chi connectivity index (χ3v) is 6.86. The Kier molecular flexibility index (Phi) is 6.89. The van der Waals surface area contributed by atoms with Crippen molar-refractivity contribution < 1.29 is 17.9 Å². The lowest BCUT2D eigenvalue weighted by Crippen LogP contribution is -2.40. The molecule has 0 unspecified atom stereocenters. The van der Waals surface area contributed by atoms with E-state index in [1.54, 1.807) is 18.4 Å². The molecule has 0 aliphatic carbocycles. The minimum absolute atomic E-state index is 0.104. The lowest BCUT2D eigenvalue weighted by Gasteiger charge is -2.26. The highest BCUT2D eigenvalue weighted by Gasteiger charge is 2.26. The quantitative estimate of drug-likeness (QED) is 0.537. The molecule has 28 heavy (non-hydrogen) atoms. The van der Waals surface area contributed by atoms with Crippen LogP contribution < -0.4 is 5.32 Å². The van der Waals surface area contributed by atoms with Gasteiger partial charge in [-0.3, -0.25) is 4.79 Å². The second kappa shape index (κ2) is 9.19. The first-order valence-electron chi connectivity index (χ1n) is 8.43. The van der Waals surface area contributed by atoms with Crippen LogP contribution in [-0.2, 0) is 21.3 Å². The Bertz CT molecular complexity index is 948. The molecule has 1 aromatic carbocycles. The number of amides is 1. The van der Waals surface area contributed by atoms with Gasteiger partial charge in [0.05, 0.1) is 29.3 Å². The standard InChI is InChI=1S/C17H19ClN4O4S2/c1-27-17-20-11-14(18)15(21-17)16(23)19-10-12-2-4-13(5-3-12)28(24,25)22-6-8-26-9-7-22/h2-5,11H,6-10H2,1H3,(H,19,23). The molecule has 150 valence electrons. The van der Waals surface area contributed by atoms with Crippen LogP contribution in [0.15, 0.2) is 40.5 Å². The number of thioether (sulfide) groups is 1. The minimum atomic E-state index is -3.54. The van der Waals surface area contributed by atoms with Gasteiger partial charge in [-0.15, -0.1) is 0 Å². The number of benzene rings is 1. The summed E-state index contributed by atoms with van der Waals surface area (Å²) >= 11 is 7.31. The summed E-state index contributed by atoms with van der Waals surface area (Å²) in [5, 5.41) is 3.35. The topological polar surface area (TPSA) is 101 Å². The van der Waals surface area contributed by atoms with Gasteiger partial charge in [0.1, 0.15) is 0 Å². The van der Waals surface area contributed by atoms with Crippen molar-refractivity contribution in [1.29, 1.82) is 0 Å². The van der Waals surface area contributed by atoms with Gasteiger partial charge < -0.3 is 10.1 Å². The van der Waals surface area contributed by atoms with Gasteiger partial charge in [-0.1, -0.05) is 35.5 Å². The number of rotatable bonds is 6.